The third-order valence-electron chi connectivity index (χ3n) is 15.7. The Bertz CT molecular complexity index is 2800. The minimum absolute atomic E-state index is 0.00396. The van der Waals surface area contributed by atoms with E-state index in [4.69, 9.17) is 16.4 Å². The van der Waals surface area contributed by atoms with Gasteiger partial charge in [0.15, 0.2) is 5.65 Å². The van der Waals surface area contributed by atoms with Crippen LogP contribution in [-0.2, 0) is 16.0 Å². The molecule has 4 fully saturated rings. The number of rotatable bonds is 10. The fourth-order valence-corrected chi connectivity index (χ4v) is 11.7. The number of β-amino-alcohol motifs (C(OH)–C–C–N with tert-alkyl or cyclic N) is 1. The van der Waals surface area contributed by atoms with Crippen molar-refractivity contribution in [3.63, 3.8) is 0 Å². The smallest absolute Gasteiger partial charge is 0.318 e. The number of likely N-dealkylation sites (tertiary alicyclic amines) is 3. The number of carbonyl (C=O) groups is 3. The van der Waals surface area contributed by atoms with E-state index in [1.165, 1.54) is 10.5 Å². The van der Waals surface area contributed by atoms with Crippen LogP contribution in [0.4, 0.5) is 10.7 Å². The van der Waals surface area contributed by atoms with Crippen molar-refractivity contribution < 1.29 is 29.7 Å². The van der Waals surface area contributed by atoms with Crippen molar-refractivity contribution in [2.45, 2.75) is 108 Å². The summed E-state index contributed by atoms with van der Waals surface area (Å²) in [4.78, 5) is 63.0. The number of carbonyl (C=O) groups excluding carboxylic acids is 3. The largest absolute Gasteiger partial charge is 0.507 e. The number of fused-ring (bicyclic) bond motifs is 3. The number of benzene rings is 2. The highest BCUT2D eigenvalue weighted by molar-refractivity contribution is 5.93. The van der Waals surface area contributed by atoms with Crippen molar-refractivity contribution in [2.24, 2.45) is 10.8 Å². The number of urea groups is 1. The summed E-state index contributed by atoms with van der Waals surface area (Å²) in [7, 11) is 0. The molecule has 3 aromatic heterocycles. The molecule has 3 saturated heterocycles. The van der Waals surface area contributed by atoms with E-state index in [-0.39, 0.29) is 42.8 Å². The van der Waals surface area contributed by atoms with Crippen molar-refractivity contribution in [3.8, 4) is 29.4 Å². The van der Waals surface area contributed by atoms with Gasteiger partial charge in [-0.3, -0.25) is 9.59 Å². The second-order valence-electron chi connectivity index (χ2n) is 21.3. The molecule has 5 aliphatic rings. The Hall–Kier alpha value is -6.61. The van der Waals surface area contributed by atoms with Crippen LogP contribution in [0.15, 0.2) is 67.0 Å². The molecule has 4 aliphatic heterocycles. The van der Waals surface area contributed by atoms with Gasteiger partial charge in [-0.25, -0.2) is 14.8 Å². The summed E-state index contributed by atoms with van der Waals surface area (Å²) in [6, 6.07) is 13.6. The zero-order valence-corrected chi connectivity index (χ0v) is 40.3. The maximum absolute atomic E-state index is 14.3. The van der Waals surface area contributed by atoms with Crippen LogP contribution in [0, 0.1) is 23.2 Å². The number of H-pyrrole nitrogens is 1. The predicted octanol–water partition coefficient (Wildman–Crippen LogP) is 4.81. The van der Waals surface area contributed by atoms with E-state index in [9.17, 15) is 29.7 Å². The van der Waals surface area contributed by atoms with Crippen molar-refractivity contribution in [1.82, 2.24) is 50.5 Å². The molecule has 17 heteroatoms. The van der Waals surface area contributed by atoms with Gasteiger partial charge < -0.3 is 50.5 Å². The van der Waals surface area contributed by atoms with Crippen LogP contribution < -0.4 is 15.5 Å². The van der Waals surface area contributed by atoms with Gasteiger partial charge in [-0.2, -0.15) is 0 Å². The maximum atomic E-state index is 14.3. The van der Waals surface area contributed by atoms with Gasteiger partial charge in [0.25, 0.3) is 0 Å². The number of aliphatic hydroxyl groups excluding tert-OH is 2. The number of aromatic hydroxyl groups is 1. The van der Waals surface area contributed by atoms with Gasteiger partial charge in [0, 0.05) is 90.6 Å². The summed E-state index contributed by atoms with van der Waals surface area (Å²) in [6.45, 7) is 11.4. The summed E-state index contributed by atoms with van der Waals surface area (Å²) >= 11 is 0. The molecule has 17 nitrogen and oxygen atoms in total. The zero-order chi connectivity index (χ0) is 49.1. The second kappa shape index (κ2) is 18.6. The highest BCUT2D eigenvalue weighted by Crippen LogP contribution is 2.51. The van der Waals surface area contributed by atoms with Crippen LogP contribution >= 0.6 is 0 Å². The standard InChI is InChI=1S/C53H63N11O6/c1-6-32-11-13-34(14-12-32)42(28-65)57-48(68)43-21-37(66)27-64(43)49(69)46(52(3,4)5)58-51(70)62-29-53(30-62)23-36(24-53)61-18-15-33(16-19-61)35-25-54-50(55-26-35)63-20-17-40-45(31(63)2)39-22-41(59-60-47(39)56-40)38-9-7-8-10-44(38)67/h1,7-14,22,25-26,31,33,36-37,42-43,46,65-67H,15-21,23-24,27-30H2,2-5H3,(H,56,60)(H,57,68)(H,58,70)/t31-,37-,42+,43+,46-/m1/s1. The SMILES string of the molecule is C#Cc1ccc([C@H](CO)NC(=O)[C@@H]2C[C@@H](O)CN2C(=O)[C@@H](NC(=O)N2CC3(CC(N4CCC(c5cnc(N6CCc7[nH]c8nnc(-c9ccccc9O)cc8c7[C@H]6C)nc5)CC4)C3)C2)C(C)(C)C)cc1. The Morgan fingerprint density at radius 2 is 1.70 bits per heavy atom. The molecule has 10 rings (SSSR count). The number of amides is 4. The first-order valence-corrected chi connectivity index (χ1v) is 24.6. The third kappa shape index (κ3) is 8.92. The summed E-state index contributed by atoms with van der Waals surface area (Å²) in [5.74, 6) is 2.89. The number of phenolic OH excluding ortho intramolecular Hbond substituents is 1. The topological polar surface area (TPSA) is 216 Å². The molecule has 4 amide bonds. The number of piperidine rings is 1. The maximum Gasteiger partial charge on any atom is 0.318 e. The van der Waals surface area contributed by atoms with Crippen LogP contribution in [-0.4, -0.2) is 143 Å². The van der Waals surface area contributed by atoms with Crippen molar-refractivity contribution in [2.75, 3.05) is 50.8 Å². The van der Waals surface area contributed by atoms with Crippen LogP contribution in [0.25, 0.3) is 22.3 Å². The fourth-order valence-electron chi connectivity index (χ4n) is 11.7. The number of phenols is 1. The number of para-hydroxylation sites is 1. The molecule has 5 aromatic rings. The van der Waals surface area contributed by atoms with Crippen molar-refractivity contribution >= 4 is 34.8 Å². The quantitative estimate of drug-likeness (QED) is 0.104. The van der Waals surface area contributed by atoms with Gasteiger partial charge in [-0.1, -0.05) is 51.0 Å². The average molecular weight is 950 g/mol. The highest BCUT2D eigenvalue weighted by Gasteiger charge is 2.56. The van der Waals surface area contributed by atoms with E-state index in [2.05, 4.69) is 48.5 Å². The van der Waals surface area contributed by atoms with Crippen LogP contribution in [0.5, 0.6) is 5.75 Å². The molecule has 1 saturated carbocycles. The molecule has 366 valence electrons. The number of aromatic amines is 1. The van der Waals surface area contributed by atoms with E-state index < -0.39 is 41.5 Å². The fraction of sp³-hybridized carbons (Fsp3) is 0.491. The van der Waals surface area contributed by atoms with Gasteiger partial charge in [-0.15, -0.1) is 16.6 Å². The molecule has 1 spiro atoms. The van der Waals surface area contributed by atoms with Crippen molar-refractivity contribution in [3.05, 3.63) is 94.9 Å². The summed E-state index contributed by atoms with van der Waals surface area (Å²) < 4.78 is 0. The van der Waals surface area contributed by atoms with Gasteiger partial charge in [-0.05, 0) is 98.5 Å². The van der Waals surface area contributed by atoms with E-state index in [0.29, 0.717) is 53.4 Å². The van der Waals surface area contributed by atoms with E-state index in [1.807, 2.05) is 51.4 Å². The number of hydrogen-bond acceptors (Lipinski definition) is 12. The number of terminal acetylenes is 1. The number of aliphatic hydroxyl groups is 2. The lowest BCUT2D eigenvalue weighted by Gasteiger charge is -2.61. The minimum atomic E-state index is -0.975. The first-order chi connectivity index (χ1) is 33.6. The van der Waals surface area contributed by atoms with Crippen LogP contribution in [0.2, 0.25) is 0 Å². The second-order valence-corrected chi connectivity index (χ2v) is 21.3. The number of anilines is 1. The van der Waals surface area contributed by atoms with Gasteiger partial charge >= 0.3 is 6.03 Å². The molecule has 0 bridgehead atoms. The highest BCUT2D eigenvalue weighted by atomic mass is 16.3. The molecular formula is C53H63N11O6. The molecular weight excluding hydrogens is 887 g/mol. The average Bonchev–Trinajstić information content (AvgIpc) is 3.92. The molecule has 5 atom stereocenters. The summed E-state index contributed by atoms with van der Waals surface area (Å²) in [5, 5.41) is 47.0. The van der Waals surface area contributed by atoms with Crippen LogP contribution in [0.3, 0.4) is 0 Å². The zero-order valence-electron chi connectivity index (χ0n) is 40.3. The van der Waals surface area contributed by atoms with Gasteiger partial charge in [0.1, 0.15) is 17.8 Å². The van der Waals surface area contributed by atoms with Gasteiger partial charge in [0.05, 0.1) is 30.5 Å². The van der Waals surface area contributed by atoms with E-state index in [1.54, 1.807) is 41.3 Å². The summed E-state index contributed by atoms with van der Waals surface area (Å²) in [5.41, 5.74) is 6.17. The Labute approximate surface area is 408 Å². The molecule has 6 N–H and O–H groups in total. The lowest BCUT2D eigenvalue weighted by Crippen LogP contribution is -2.70. The minimum Gasteiger partial charge on any atom is -0.507 e. The molecule has 1 aliphatic carbocycles. The van der Waals surface area contributed by atoms with Crippen molar-refractivity contribution in [1.29, 1.82) is 0 Å². The lowest BCUT2D eigenvalue weighted by atomic mass is 9.60. The Morgan fingerprint density at radius 3 is 2.37 bits per heavy atom. The Morgan fingerprint density at radius 1 is 0.986 bits per heavy atom. The molecule has 0 unspecified atom stereocenters. The van der Waals surface area contributed by atoms with E-state index in [0.717, 1.165) is 74.0 Å². The Balaban J connectivity index is 0.698. The van der Waals surface area contributed by atoms with E-state index >= 15 is 0 Å². The normalized spacial score (nSPS) is 22.5. The molecule has 0 radical (unpaired) electrons. The monoisotopic (exact) mass is 949 g/mol. The lowest BCUT2D eigenvalue weighted by molar-refractivity contribution is -0.142. The molecule has 7 heterocycles. The first kappa shape index (κ1) is 47.1. The third-order valence-corrected chi connectivity index (χ3v) is 15.7. The molecule has 70 heavy (non-hydrogen) atoms. The molecule has 2 aromatic carbocycles. The number of hydrogen-bond donors (Lipinski definition) is 6. The van der Waals surface area contributed by atoms with Crippen LogP contribution in [0.1, 0.15) is 106 Å². The number of aromatic nitrogens is 5. The predicted molar refractivity (Wildman–Crippen MR) is 263 cm³/mol. The Kier molecular flexibility index (Phi) is 12.5. The first-order valence-electron chi connectivity index (χ1n) is 24.6. The summed E-state index contributed by atoms with van der Waals surface area (Å²) in [6.07, 6.45) is 13.5. The number of nitrogens with zero attached hydrogens (tertiary/aromatic N) is 8. The van der Waals surface area contributed by atoms with Gasteiger partial charge in [0.2, 0.25) is 17.8 Å². The number of nitrogens with one attached hydrogen (secondary N) is 3.